The molecule has 1 heterocycles. The van der Waals surface area contributed by atoms with Gasteiger partial charge in [0.15, 0.2) is 0 Å². The van der Waals surface area contributed by atoms with Crippen LogP contribution in [0.15, 0.2) is 30.3 Å². The lowest BCUT2D eigenvalue weighted by atomic mass is 10.3. The Kier molecular flexibility index (Phi) is 3.62. The Morgan fingerprint density at radius 2 is 1.83 bits per heavy atom. The molecule has 5 heteroatoms. The Balaban J connectivity index is 2.19. The maximum absolute atomic E-state index is 5.11. The second kappa shape index (κ2) is 5.35. The van der Waals surface area contributed by atoms with Gasteiger partial charge < -0.3 is 15.4 Å². The fourth-order valence-corrected chi connectivity index (χ4v) is 1.56. The zero-order valence-electron chi connectivity index (χ0n) is 10.7. The summed E-state index contributed by atoms with van der Waals surface area (Å²) in [6.07, 6.45) is 0. The van der Waals surface area contributed by atoms with Crippen LogP contribution in [-0.4, -0.2) is 24.1 Å². The van der Waals surface area contributed by atoms with Crippen molar-refractivity contribution in [3.8, 4) is 5.75 Å². The van der Waals surface area contributed by atoms with Crippen molar-refractivity contribution in [2.24, 2.45) is 0 Å². The Bertz CT molecular complexity index is 525. The number of nitrogens with one attached hydrogen (secondary N) is 2. The highest BCUT2D eigenvalue weighted by Gasteiger charge is 2.01. The van der Waals surface area contributed by atoms with Gasteiger partial charge in [-0.05, 0) is 31.2 Å². The number of benzene rings is 1. The molecule has 1 aromatic heterocycles. The first-order chi connectivity index (χ1) is 8.71. The van der Waals surface area contributed by atoms with Crippen molar-refractivity contribution in [1.82, 2.24) is 9.97 Å². The Hall–Kier alpha value is -2.30. The molecule has 94 valence electrons. The normalized spacial score (nSPS) is 9.94. The first kappa shape index (κ1) is 12.2. The number of ether oxygens (including phenoxy) is 1. The molecule has 2 N–H and O–H groups in total. The molecule has 0 amide bonds. The van der Waals surface area contributed by atoms with Gasteiger partial charge in [-0.15, -0.1) is 0 Å². The minimum atomic E-state index is 0.574. The zero-order valence-corrected chi connectivity index (χ0v) is 10.7. The van der Waals surface area contributed by atoms with E-state index < -0.39 is 0 Å². The number of methoxy groups -OCH3 is 1. The first-order valence-electron chi connectivity index (χ1n) is 5.66. The first-order valence-corrected chi connectivity index (χ1v) is 5.66. The van der Waals surface area contributed by atoms with Crippen LogP contribution in [0.1, 0.15) is 5.69 Å². The third-order valence-corrected chi connectivity index (χ3v) is 2.46. The lowest BCUT2D eigenvalue weighted by molar-refractivity contribution is 0.415. The molecule has 0 unspecified atom stereocenters. The predicted molar refractivity (Wildman–Crippen MR) is 72.6 cm³/mol. The van der Waals surface area contributed by atoms with E-state index in [1.54, 1.807) is 7.11 Å². The summed E-state index contributed by atoms with van der Waals surface area (Å²) in [4.78, 5) is 8.65. The van der Waals surface area contributed by atoms with E-state index in [9.17, 15) is 0 Å². The van der Waals surface area contributed by atoms with Gasteiger partial charge in [-0.1, -0.05) is 0 Å². The van der Waals surface area contributed by atoms with E-state index in [1.165, 1.54) is 0 Å². The van der Waals surface area contributed by atoms with Crippen molar-refractivity contribution in [3.63, 3.8) is 0 Å². The van der Waals surface area contributed by atoms with E-state index in [0.717, 1.165) is 22.9 Å². The summed E-state index contributed by atoms with van der Waals surface area (Å²) in [5, 5.41) is 6.15. The number of hydrogen-bond acceptors (Lipinski definition) is 5. The average Bonchev–Trinajstić information content (AvgIpc) is 2.39. The highest BCUT2D eigenvalue weighted by molar-refractivity contribution is 5.56. The van der Waals surface area contributed by atoms with Crippen molar-refractivity contribution in [1.29, 1.82) is 0 Å². The second-order valence-electron chi connectivity index (χ2n) is 3.82. The van der Waals surface area contributed by atoms with Gasteiger partial charge in [0.05, 0.1) is 7.11 Å². The molecule has 0 bridgehead atoms. The van der Waals surface area contributed by atoms with E-state index in [1.807, 2.05) is 44.3 Å². The van der Waals surface area contributed by atoms with Crippen LogP contribution in [-0.2, 0) is 0 Å². The molecule has 18 heavy (non-hydrogen) atoms. The highest BCUT2D eigenvalue weighted by Crippen LogP contribution is 2.18. The lowest BCUT2D eigenvalue weighted by Crippen LogP contribution is -2.02. The Morgan fingerprint density at radius 1 is 1.11 bits per heavy atom. The maximum atomic E-state index is 5.11. The predicted octanol–water partition coefficient (Wildman–Crippen LogP) is 2.58. The van der Waals surface area contributed by atoms with Crippen LogP contribution in [0.3, 0.4) is 0 Å². The van der Waals surface area contributed by atoms with Crippen LogP contribution in [0.4, 0.5) is 17.5 Å². The lowest BCUT2D eigenvalue weighted by Gasteiger charge is -2.08. The average molecular weight is 244 g/mol. The summed E-state index contributed by atoms with van der Waals surface area (Å²) in [6.45, 7) is 1.93. The van der Waals surface area contributed by atoms with Gasteiger partial charge in [0.2, 0.25) is 5.95 Å². The quantitative estimate of drug-likeness (QED) is 0.865. The molecule has 0 spiro atoms. The zero-order chi connectivity index (χ0) is 13.0. The molecular weight excluding hydrogens is 228 g/mol. The minimum Gasteiger partial charge on any atom is -0.497 e. The number of nitrogens with zero attached hydrogens (tertiary/aromatic N) is 2. The summed E-state index contributed by atoms with van der Waals surface area (Å²) in [6, 6.07) is 9.50. The van der Waals surface area contributed by atoms with Gasteiger partial charge in [-0.25, -0.2) is 4.98 Å². The fraction of sp³-hybridized carbons (Fsp3) is 0.231. The molecule has 2 rings (SSSR count). The van der Waals surface area contributed by atoms with Gasteiger partial charge in [0.25, 0.3) is 0 Å². The number of aryl methyl sites for hydroxylation is 1. The highest BCUT2D eigenvalue weighted by atomic mass is 16.5. The fourth-order valence-electron chi connectivity index (χ4n) is 1.56. The van der Waals surface area contributed by atoms with E-state index in [4.69, 9.17) is 4.74 Å². The van der Waals surface area contributed by atoms with Crippen molar-refractivity contribution < 1.29 is 4.74 Å². The van der Waals surface area contributed by atoms with Gasteiger partial charge in [-0.3, -0.25) is 0 Å². The van der Waals surface area contributed by atoms with E-state index in [2.05, 4.69) is 20.6 Å². The number of aromatic nitrogens is 2. The van der Waals surface area contributed by atoms with Gasteiger partial charge in [-0.2, -0.15) is 4.98 Å². The molecule has 5 nitrogen and oxygen atoms in total. The van der Waals surface area contributed by atoms with Crippen molar-refractivity contribution in [3.05, 3.63) is 36.0 Å². The minimum absolute atomic E-state index is 0.574. The van der Waals surface area contributed by atoms with Crippen molar-refractivity contribution >= 4 is 17.5 Å². The molecule has 1 aromatic carbocycles. The Morgan fingerprint density at radius 3 is 2.44 bits per heavy atom. The standard InChI is InChI=1S/C13H16N4O/c1-9-8-12(14-2)17-13(15-9)16-10-4-6-11(18-3)7-5-10/h4-8H,1-3H3,(H2,14,15,16,17). The molecule has 0 aliphatic rings. The van der Waals surface area contributed by atoms with Crippen LogP contribution in [0.25, 0.3) is 0 Å². The summed E-state index contributed by atoms with van der Waals surface area (Å²) < 4.78 is 5.11. The molecule has 0 radical (unpaired) electrons. The maximum Gasteiger partial charge on any atom is 0.229 e. The van der Waals surface area contributed by atoms with Crippen molar-refractivity contribution in [2.75, 3.05) is 24.8 Å². The Labute approximate surface area is 106 Å². The largest absolute Gasteiger partial charge is 0.497 e. The van der Waals surface area contributed by atoms with Gasteiger partial charge in [0, 0.05) is 24.5 Å². The topological polar surface area (TPSA) is 59.1 Å². The van der Waals surface area contributed by atoms with E-state index >= 15 is 0 Å². The molecule has 0 aliphatic carbocycles. The molecular formula is C13H16N4O. The molecule has 0 saturated carbocycles. The van der Waals surface area contributed by atoms with Gasteiger partial charge >= 0.3 is 0 Å². The summed E-state index contributed by atoms with van der Waals surface area (Å²) in [7, 11) is 3.48. The molecule has 0 saturated heterocycles. The van der Waals surface area contributed by atoms with Crippen LogP contribution < -0.4 is 15.4 Å². The number of rotatable bonds is 4. The van der Waals surface area contributed by atoms with E-state index in [0.29, 0.717) is 5.95 Å². The number of hydrogen-bond donors (Lipinski definition) is 2. The molecule has 0 fully saturated rings. The third-order valence-electron chi connectivity index (χ3n) is 2.46. The SMILES string of the molecule is CNc1cc(C)nc(Nc2ccc(OC)cc2)n1. The molecule has 0 atom stereocenters. The van der Waals surface area contributed by atoms with E-state index in [-0.39, 0.29) is 0 Å². The van der Waals surface area contributed by atoms with Crippen molar-refractivity contribution in [2.45, 2.75) is 6.92 Å². The summed E-state index contributed by atoms with van der Waals surface area (Å²) in [5.41, 5.74) is 1.83. The molecule has 2 aromatic rings. The second-order valence-corrected chi connectivity index (χ2v) is 3.82. The van der Waals surface area contributed by atoms with Crippen LogP contribution in [0.5, 0.6) is 5.75 Å². The smallest absolute Gasteiger partial charge is 0.229 e. The third kappa shape index (κ3) is 2.88. The van der Waals surface area contributed by atoms with Crippen LogP contribution in [0, 0.1) is 6.92 Å². The van der Waals surface area contributed by atoms with Crippen LogP contribution >= 0.6 is 0 Å². The number of anilines is 3. The molecule has 0 aliphatic heterocycles. The van der Waals surface area contributed by atoms with Crippen LogP contribution in [0.2, 0.25) is 0 Å². The van der Waals surface area contributed by atoms with Gasteiger partial charge in [0.1, 0.15) is 11.6 Å². The summed E-state index contributed by atoms with van der Waals surface area (Å²) >= 11 is 0. The monoisotopic (exact) mass is 244 g/mol. The summed E-state index contributed by atoms with van der Waals surface area (Å²) in [5.74, 6) is 2.18.